The Morgan fingerprint density at radius 3 is 2.12 bits per heavy atom. The van der Waals surface area contributed by atoms with Gasteiger partial charge in [0.2, 0.25) is 0 Å². The Hall–Kier alpha value is -5.55. The molecule has 2 aliphatic heterocycles. The molecule has 0 radical (unpaired) electrons. The third kappa shape index (κ3) is 3.64. The van der Waals surface area contributed by atoms with Crippen molar-refractivity contribution in [3.8, 4) is 11.3 Å². The monoisotopic (exact) mass is 637 g/mol. The van der Waals surface area contributed by atoms with Gasteiger partial charge in [-0.2, -0.15) is 5.10 Å². The number of hydrogen-bond acceptors (Lipinski definition) is 9. The van der Waals surface area contributed by atoms with Crippen molar-refractivity contribution in [3.63, 3.8) is 0 Å². The van der Waals surface area contributed by atoms with Gasteiger partial charge < -0.3 is 5.43 Å². The zero-order valence-electron chi connectivity index (χ0n) is 26.1. The summed E-state index contributed by atoms with van der Waals surface area (Å²) in [5, 5.41) is 28.3. The van der Waals surface area contributed by atoms with Gasteiger partial charge in [-0.15, -0.1) is 0 Å². The summed E-state index contributed by atoms with van der Waals surface area (Å²) >= 11 is 0. The van der Waals surface area contributed by atoms with Gasteiger partial charge in [-0.3, -0.25) is 25.1 Å². The van der Waals surface area contributed by atoms with Crippen molar-refractivity contribution in [2.45, 2.75) is 36.8 Å². The van der Waals surface area contributed by atoms with Crippen LogP contribution in [0.4, 0.5) is 11.4 Å². The third-order valence-corrected chi connectivity index (χ3v) is 11.3. The van der Waals surface area contributed by atoms with Crippen LogP contribution < -0.4 is 5.43 Å². The number of nitrogens with one attached hydrogen (secondary N) is 1. The van der Waals surface area contributed by atoms with Gasteiger partial charge in [0, 0.05) is 53.6 Å². The molecule has 1 aromatic heterocycles. The van der Waals surface area contributed by atoms with Crippen molar-refractivity contribution in [3.05, 3.63) is 140 Å². The molecular weight excluding hydrogens is 606 g/mol. The van der Waals surface area contributed by atoms with E-state index in [0.29, 0.717) is 6.54 Å². The molecule has 4 aliphatic rings. The number of para-hydroxylation sites is 2. The van der Waals surface area contributed by atoms with Crippen LogP contribution in [0.2, 0.25) is 0 Å². The molecule has 0 amide bonds. The number of fused-ring (bicyclic) bond motifs is 9. The molecule has 4 aromatic carbocycles. The number of nitro benzene ring substituents is 2. The Bertz CT molecular complexity index is 2190. The number of likely N-dealkylation sites (tertiary alicyclic amines) is 1. The Labute approximate surface area is 275 Å². The molecule has 3 heterocycles. The molecule has 2 fully saturated rings. The van der Waals surface area contributed by atoms with Gasteiger partial charge in [0.15, 0.2) is 0 Å². The highest BCUT2D eigenvalue weighted by molar-refractivity contribution is 6.00. The van der Waals surface area contributed by atoms with Crippen molar-refractivity contribution < 1.29 is 9.85 Å². The maximum absolute atomic E-state index is 11.7. The van der Waals surface area contributed by atoms with Gasteiger partial charge in [0.1, 0.15) is 5.54 Å². The van der Waals surface area contributed by atoms with Crippen LogP contribution in [-0.4, -0.2) is 44.0 Å². The summed E-state index contributed by atoms with van der Waals surface area (Å²) in [5.41, 5.74) is 11.0. The molecule has 9 rings (SSSR count). The fraction of sp³-hybridized carbons (Fsp3) is 0.270. The van der Waals surface area contributed by atoms with Crippen LogP contribution in [0.1, 0.15) is 53.6 Å². The van der Waals surface area contributed by atoms with Crippen LogP contribution in [0.15, 0.2) is 102 Å². The molecule has 5 atom stereocenters. The molecule has 5 aromatic rings. The molecule has 2 spiro atoms. The molecule has 48 heavy (non-hydrogen) atoms. The van der Waals surface area contributed by atoms with Gasteiger partial charge in [0.05, 0.1) is 44.0 Å². The van der Waals surface area contributed by atoms with E-state index in [2.05, 4.69) is 41.6 Å². The number of hydrogen-bond donors (Lipinski definition) is 1. The number of rotatable bonds is 4. The van der Waals surface area contributed by atoms with Crippen molar-refractivity contribution in [1.29, 1.82) is 0 Å². The molecule has 0 bridgehead atoms. The number of nitrogens with zero attached hydrogens (tertiary/aromatic N) is 6. The number of benzene rings is 4. The first kappa shape index (κ1) is 28.7. The van der Waals surface area contributed by atoms with Crippen LogP contribution >= 0.6 is 0 Å². The van der Waals surface area contributed by atoms with Gasteiger partial charge in [-0.25, -0.2) is 9.97 Å². The number of hydrazone groups is 1. The molecule has 238 valence electrons. The lowest BCUT2D eigenvalue weighted by atomic mass is 9.51. The van der Waals surface area contributed by atoms with E-state index in [1.807, 2.05) is 48.5 Å². The zero-order valence-corrected chi connectivity index (χ0v) is 26.1. The molecule has 1 saturated carbocycles. The Morgan fingerprint density at radius 2 is 1.44 bits per heavy atom. The van der Waals surface area contributed by atoms with Crippen LogP contribution in [0.5, 0.6) is 0 Å². The molecule has 11 nitrogen and oxygen atoms in total. The smallest absolute Gasteiger partial charge is 0.269 e. The van der Waals surface area contributed by atoms with Crippen LogP contribution in [0, 0.1) is 31.6 Å². The topological polar surface area (TPSA) is 140 Å². The van der Waals surface area contributed by atoms with Gasteiger partial charge >= 0.3 is 0 Å². The molecule has 2 unspecified atom stereocenters. The summed E-state index contributed by atoms with van der Waals surface area (Å²) < 4.78 is 0. The highest BCUT2D eigenvalue weighted by Gasteiger charge is 2.72. The fourth-order valence-corrected chi connectivity index (χ4v) is 9.55. The first-order valence-electron chi connectivity index (χ1n) is 16.3. The van der Waals surface area contributed by atoms with E-state index in [1.54, 1.807) is 24.3 Å². The number of nitro groups is 2. The largest absolute Gasteiger partial charge is 0.302 e. The van der Waals surface area contributed by atoms with Gasteiger partial charge in [-0.05, 0) is 48.7 Å². The number of likely N-dealkylation sites (N-methyl/N-ethyl adjacent to an activating group) is 1. The number of non-ortho nitro benzene ring substituents is 2. The van der Waals surface area contributed by atoms with E-state index in [0.717, 1.165) is 69.6 Å². The first-order chi connectivity index (χ1) is 23.3. The lowest BCUT2D eigenvalue weighted by molar-refractivity contribution is -0.385. The highest BCUT2D eigenvalue weighted by atomic mass is 16.6. The summed E-state index contributed by atoms with van der Waals surface area (Å²) in [6, 6.07) is 30.1. The average Bonchev–Trinajstić information content (AvgIpc) is 3.75. The second-order valence-corrected chi connectivity index (χ2v) is 13.4. The predicted octanol–water partition coefficient (Wildman–Crippen LogP) is 6.89. The van der Waals surface area contributed by atoms with Gasteiger partial charge in [-0.1, -0.05) is 67.1 Å². The van der Waals surface area contributed by atoms with Crippen molar-refractivity contribution >= 4 is 28.1 Å². The van der Waals surface area contributed by atoms with Crippen molar-refractivity contribution in [2.75, 3.05) is 13.6 Å². The Kier molecular flexibility index (Phi) is 6.10. The standard InChI is InChI=1S/C37H31N7O4/c1-42-21-29(22-12-16-24(17-13-22)43(45)46)36(20-6-8-27-32(40-41-34(27)36)23-14-18-25(19-15-23)44(47)48)37(42)28-9-3-2-7-26(28)33-35(37)39-31-11-5-4-10-30(31)38-33/h2-5,7,9-19,27,29,32,40H,6,8,20-21H2,1H3/t27?,29-,32?,36+,37-/m0/s1. The second-order valence-electron chi connectivity index (χ2n) is 13.4. The van der Waals surface area contributed by atoms with Crippen molar-refractivity contribution in [1.82, 2.24) is 20.3 Å². The minimum Gasteiger partial charge on any atom is -0.302 e. The SMILES string of the molecule is CN1C[C@@H](c2ccc([N+](=O)[O-])cc2)[C@@]2(CCCC3C2=NNC3c2ccc([N+](=O)[O-])cc2)[C@@]12c1ccccc1-c1nc3ccccc3nc12. The highest BCUT2D eigenvalue weighted by Crippen LogP contribution is 2.70. The Morgan fingerprint density at radius 1 is 0.812 bits per heavy atom. The lowest BCUT2D eigenvalue weighted by Gasteiger charge is -2.52. The maximum atomic E-state index is 11.7. The number of aromatic nitrogens is 2. The van der Waals surface area contributed by atoms with E-state index in [1.165, 1.54) is 0 Å². The quantitative estimate of drug-likeness (QED) is 0.166. The first-order valence-corrected chi connectivity index (χ1v) is 16.3. The minimum absolute atomic E-state index is 0.0220. The molecular formula is C37H31N7O4. The van der Waals surface area contributed by atoms with E-state index in [9.17, 15) is 20.2 Å². The summed E-state index contributed by atoms with van der Waals surface area (Å²) in [7, 11) is 2.16. The van der Waals surface area contributed by atoms with E-state index in [4.69, 9.17) is 15.1 Å². The Balaban J connectivity index is 1.30. The third-order valence-electron chi connectivity index (χ3n) is 11.3. The second kappa shape index (κ2) is 10.2. The minimum atomic E-state index is -0.730. The summed E-state index contributed by atoms with van der Waals surface area (Å²) in [5.74, 6) is -0.0525. The molecule has 1 saturated heterocycles. The van der Waals surface area contributed by atoms with Crippen LogP contribution in [-0.2, 0) is 5.54 Å². The van der Waals surface area contributed by atoms with E-state index in [-0.39, 0.29) is 39.1 Å². The van der Waals surface area contributed by atoms with Gasteiger partial charge in [0.25, 0.3) is 11.4 Å². The van der Waals surface area contributed by atoms with E-state index < -0.39 is 11.0 Å². The van der Waals surface area contributed by atoms with E-state index >= 15 is 0 Å². The maximum Gasteiger partial charge on any atom is 0.269 e. The normalized spacial score (nSPS) is 27.0. The van der Waals surface area contributed by atoms with Crippen LogP contribution in [0.3, 0.4) is 0 Å². The summed E-state index contributed by atoms with van der Waals surface area (Å²) in [6.45, 7) is 0.675. The zero-order chi connectivity index (χ0) is 32.8. The summed E-state index contributed by atoms with van der Waals surface area (Å²) in [6.07, 6.45) is 2.65. The lowest BCUT2D eigenvalue weighted by Crippen LogP contribution is -2.57. The average molecular weight is 638 g/mol. The predicted molar refractivity (Wildman–Crippen MR) is 180 cm³/mol. The van der Waals surface area contributed by atoms with Crippen LogP contribution in [0.25, 0.3) is 22.3 Å². The molecule has 2 aliphatic carbocycles. The fourth-order valence-electron chi connectivity index (χ4n) is 9.55. The summed E-state index contributed by atoms with van der Waals surface area (Å²) in [4.78, 5) is 35.5. The van der Waals surface area contributed by atoms with Crippen molar-refractivity contribution in [2.24, 2.45) is 16.4 Å². The molecule has 11 heteroatoms. The molecule has 1 N–H and O–H groups in total.